The van der Waals surface area contributed by atoms with Crippen molar-refractivity contribution in [2.75, 3.05) is 38.5 Å². The van der Waals surface area contributed by atoms with Crippen LogP contribution in [-0.4, -0.2) is 76.2 Å². The van der Waals surface area contributed by atoms with E-state index in [9.17, 15) is 19.5 Å². The SMILES string of the molecule is CN1CCN(NC(=O)Nc2cccc3c2C(=O)c2c-3n[nH]c2-c2ccc(C(=O)O)s2)CC1. The number of aromatic nitrogens is 2. The number of H-pyrrole nitrogens is 1. The van der Waals surface area contributed by atoms with Crippen molar-refractivity contribution in [2.24, 2.45) is 0 Å². The largest absolute Gasteiger partial charge is 0.477 e. The van der Waals surface area contributed by atoms with Crippen LogP contribution in [0.5, 0.6) is 0 Å². The number of nitrogens with one attached hydrogen (secondary N) is 3. The van der Waals surface area contributed by atoms with E-state index in [-0.39, 0.29) is 10.7 Å². The zero-order chi connectivity index (χ0) is 22.4. The first kappa shape index (κ1) is 20.4. The number of rotatable bonds is 4. The van der Waals surface area contributed by atoms with Crippen LogP contribution in [0.2, 0.25) is 0 Å². The van der Waals surface area contributed by atoms with Gasteiger partial charge >= 0.3 is 12.0 Å². The summed E-state index contributed by atoms with van der Waals surface area (Å²) >= 11 is 1.07. The maximum Gasteiger partial charge on any atom is 0.345 e. The van der Waals surface area contributed by atoms with Gasteiger partial charge in [-0.25, -0.2) is 14.6 Å². The minimum atomic E-state index is -1.02. The summed E-state index contributed by atoms with van der Waals surface area (Å²) in [6.45, 7) is 3.15. The number of hydrazine groups is 1. The van der Waals surface area contributed by atoms with E-state index in [1.54, 1.807) is 24.3 Å². The molecule has 0 saturated carbocycles. The number of carboxylic acid groups (broad SMARTS) is 1. The first-order chi connectivity index (χ1) is 15.4. The predicted molar refractivity (Wildman–Crippen MR) is 119 cm³/mol. The lowest BCUT2D eigenvalue weighted by Crippen LogP contribution is -2.53. The van der Waals surface area contributed by atoms with Crippen molar-refractivity contribution in [2.45, 2.75) is 0 Å². The Morgan fingerprint density at radius 1 is 1.12 bits per heavy atom. The molecule has 1 aromatic carbocycles. The number of carboxylic acids is 1. The fourth-order valence-electron chi connectivity index (χ4n) is 3.96. The number of likely N-dealkylation sites (N-methyl/N-ethyl adjacent to an activating group) is 1. The number of hydrogen-bond donors (Lipinski definition) is 4. The van der Waals surface area contributed by atoms with Crippen LogP contribution in [0, 0.1) is 0 Å². The summed E-state index contributed by atoms with van der Waals surface area (Å²) in [5.74, 6) is -1.29. The fourth-order valence-corrected chi connectivity index (χ4v) is 4.81. The quantitative estimate of drug-likeness (QED) is 0.374. The van der Waals surface area contributed by atoms with Gasteiger partial charge in [0.15, 0.2) is 5.78 Å². The highest BCUT2D eigenvalue weighted by atomic mass is 32.1. The smallest absolute Gasteiger partial charge is 0.345 e. The minimum Gasteiger partial charge on any atom is -0.477 e. The summed E-state index contributed by atoms with van der Waals surface area (Å²) < 4.78 is 0. The molecule has 0 radical (unpaired) electrons. The average molecular weight is 452 g/mol. The van der Waals surface area contributed by atoms with Crippen LogP contribution in [0.3, 0.4) is 0 Å². The molecule has 3 heterocycles. The number of ketones is 1. The van der Waals surface area contributed by atoms with Gasteiger partial charge in [-0.15, -0.1) is 11.3 Å². The minimum absolute atomic E-state index is 0.175. The van der Waals surface area contributed by atoms with E-state index in [2.05, 4.69) is 25.8 Å². The number of fused-ring (bicyclic) bond motifs is 3. The van der Waals surface area contributed by atoms with Gasteiger partial charge in [-0.3, -0.25) is 15.3 Å². The van der Waals surface area contributed by atoms with Crippen molar-refractivity contribution >= 4 is 34.8 Å². The molecule has 0 spiro atoms. The van der Waals surface area contributed by atoms with E-state index in [4.69, 9.17) is 0 Å². The van der Waals surface area contributed by atoms with Gasteiger partial charge in [0.1, 0.15) is 10.6 Å². The number of carbonyl (C=O) groups is 3. The Bertz CT molecular complexity index is 1240. The molecule has 164 valence electrons. The van der Waals surface area contributed by atoms with Gasteiger partial charge in [-0.2, -0.15) is 5.10 Å². The van der Waals surface area contributed by atoms with Gasteiger partial charge in [-0.1, -0.05) is 12.1 Å². The number of aromatic carboxylic acids is 1. The van der Waals surface area contributed by atoms with Crippen LogP contribution in [-0.2, 0) is 0 Å². The standard InChI is InChI=1S/C21H20N6O4S/c1-26-7-9-27(10-8-26)25-21(31)22-12-4-2-3-11-15(12)19(28)16-17(11)23-24-18(16)13-5-6-14(32-13)20(29)30/h2-6H,7-10H2,1H3,(H,23,24)(H,29,30)(H2,22,25,31). The third-order valence-corrected chi connectivity index (χ3v) is 6.71. The molecule has 1 aliphatic carbocycles. The second-order valence-corrected chi connectivity index (χ2v) is 8.79. The number of piperazine rings is 1. The van der Waals surface area contributed by atoms with Crippen LogP contribution in [0.1, 0.15) is 25.6 Å². The predicted octanol–water partition coefficient (Wildman–Crippen LogP) is 2.33. The number of nitrogens with zero attached hydrogens (tertiary/aromatic N) is 3. The number of thiophene rings is 1. The van der Waals surface area contributed by atoms with Crippen LogP contribution < -0.4 is 10.7 Å². The topological polar surface area (TPSA) is 131 Å². The van der Waals surface area contributed by atoms with Gasteiger partial charge < -0.3 is 15.3 Å². The Hall–Kier alpha value is -3.54. The molecule has 1 fully saturated rings. The Morgan fingerprint density at radius 2 is 1.91 bits per heavy atom. The molecule has 1 saturated heterocycles. The molecule has 2 amide bonds. The third-order valence-electron chi connectivity index (χ3n) is 5.61. The molecule has 0 bridgehead atoms. The molecule has 2 aliphatic rings. The molecule has 10 nitrogen and oxygen atoms in total. The molecule has 2 aromatic heterocycles. The zero-order valence-electron chi connectivity index (χ0n) is 17.1. The normalized spacial score (nSPS) is 16.0. The summed E-state index contributed by atoms with van der Waals surface area (Å²) in [5.41, 5.74) is 5.59. The monoisotopic (exact) mass is 452 g/mol. The molecular formula is C21H20N6O4S. The van der Waals surface area contributed by atoms with Crippen LogP contribution in [0.15, 0.2) is 30.3 Å². The lowest BCUT2D eigenvalue weighted by Gasteiger charge is -2.32. The van der Waals surface area contributed by atoms with E-state index < -0.39 is 12.0 Å². The second kappa shape index (κ2) is 7.86. The zero-order valence-corrected chi connectivity index (χ0v) is 18.0. The van der Waals surface area contributed by atoms with Gasteiger partial charge in [0, 0.05) is 31.7 Å². The molecule has 1 aliphatic heterocycles. The maximum absolute atomic E-state index is 13.4. The number of hydrogen-bond acceptors (Lipinski definition) is 7. The van der Waals surface area contributed by atoms with Crippen molar-refractivity contribution in [3.8, 4) is 21.8 Å². The summed E-state index contributed by atoms with van der Waals surface area (Å²) in [6, 6.07) is 7.97. The van der Waals surface area contributed by atoms with Gasteiger partial charge in [-0.05, 0) is 25.2 Å². The fraction of sp³-hybridized carbons (Fsp3) is 0.238. The Balaban J connectivity index is 1.40. The number of carbonyl (C=O) groups excluding carboxylic acids is 2. The highest BCUT2D eigenvalue weighted by Gasteiger charge is 2.35. The highest BCUT2D eigenvalue weighted by Crippen LogP contribution is 2.44. The molecule has 3 aromatic rings. The van der Waals surface area contributed by atoms with E-state index in [1.165, 1.54) is 6.07 Å². The van der Waals surface area contributed by atoms with E-state index in [0.29, 0.717) is 51.7 Å². The Labute approximate surface area is 186 Å². The molecule has 0 atom stereocenters. The molecule has 4 N–H and O–H groups in total. The lowest BCUT2D eigenvalue weighted by atomic mass is 10.1. The summed E-state index contributed by atoms with van der Waals surface area (Å²) in [6.07, 6.45) is 0. The van der Waals surface area contributed by atoms with E-state index in [1.807, 2.05) is 12.1 Å². The number of urea groups is 1. The van der Waals surface area contributed by atoms with Crippen LogP contribution in [0.4, 0.5) is 10.5 Å². The molecular weight excluding hydrogens is 432 g/mol. The second-order valence-electron chi connectivity index (χ2n) is 7.70. The maximum atomic E-state index is 13.4. The number of benzene rings is 1. The van der Waals surface area contributed by atoms with Crippen LogP contribution >= 0.6 is 11.3 Å². The van der Waals surface area contributed by atoms with Gasteiger partial charge in [0.05, 0.1) is 27.4 Å². The molecule has 5 rings (SSSR count). The Morgan fingerprint density at radius 3 is 2.62 bits per heavy atom. The first-order valence-electron chi connectivity index (χ1n) is 10.0. The molecule has 32 heavy (non-hydrogen) atoms. The lowest BCUT2D eigenvalue weighted by molar-refractivity contribution is 0.0702. The van der Waals surface area contributed by atoms with Crippen molar-refractivity contribution in [1.29, 1.82) is 0 Å². The van der Waals surface area contributed by atoms with Gasteiger partial charge in [0.25, 0.3) is 0 Å². The first-order valence-corrected chi connectivity index (χ1v) is 10.8. The molecule has 0 unspecified atom stereocenters. The molecule has 11 heteroatoms. The Kier molecular flexibility index (Phi) is 5.00. The summed E-state index contributed by atoms with van der Waals surface area (Å²) in [7, 11) is 2.03. The third kappa shape index (κ3) is 3.45. The number of anilines is 1. The van der Waals surface area contributed by atoms with Crippen molar-refractivity contribution < 1.29 is 19.5 Å². The van der Waals surface area contributed by atoms with Crippen molar-refractivity contribution in [1.82, 2.24) is 25.5 Å². The van der Waals surface area contributed by atoms with Crippen molar-refractivity contribution in [3.05, 3.63) is 46.3 Å². The van der Waals surface area contributed by atoms with Crippen LogP contribution in [0.25, 0.3) is 21.8 Å². The average Bonchev–Trinajstić information content (AvgIpc) is 3.47. The summed E-state index contributed by atoms with van der Waals surface area (Å²) in [5, 5.41) is 21.0. The van der Waals surface area contributed by atoms with E-state index >= 15 is 0 Å². The number of aromatic amines is 1. The van der Waals surface area contributed by atoms with Crippen molar-refractivity contribution in [3.63, 3.8) is 0 Å². The summed E-state index contributed by atoms with van der Waals surface area (Å²) in [4.78, 5) is 40.1. The number of amides is 2. The highest BCUT2D eigenvalue weighted by molar-refractivity contribution is 7.17. The van der Waals surface area contributed by atoms with Gasteiger partial charge in [0.2, 0.25) is 0 Å². The van der Waals surface area contributed by atoms with E-state index in [0.717, 1.165) is 24.4 Å².